The summed E-state index contributed by atoms with van der Waals surface area (Å²) < 4.78 is 16.8. The maximum Gasteiger partial charge on any atom is 0.291 e. The number of rotatable bonds is 7. The molecule has 0 spiro atoms. The maximum absolute atomic E-state index is 12.7. The number of carbonyl (C=O) groups excluding carboxylic acids is 2. The topological polar surface area (TPSA) is 93.7 Å². The Morgan fingerprint density at radius 3 is 2.44 bits per heavy atom. The number of anilines is 2. The largest absolute Gasteiger partial charge is 0.494 e. The lowest BCUT2D eigenvalue weighted by Gasteiger charge is -2.11. The summed E-state index contributed by atoms with van der Waals surface area (Å²) in [6, 6.07) is 27.4. The Morgan fingerprint density at radius 1 is 0.833 bits per heavy atom. The molecular weight excluding hydrogens is 456 g/mol. The summed E-state index contributed by atoms with van der Waals surface area (Å²) in [6.45, 7) is 0. The molecule has 0 unspecified atom stereocenters. The number of carbonyl (C=O) groups is 2. The molecular formula is C29H22N2O5. The zero-order valence-electron chi connectivity index (χ0n) is 19.4. The number of amides is 2. The highest BCUT2D eigenvalue weighted by atomic mass is 16.5. The fraction of sp³-hybridized carbons (Fsp3) is 0.0345. The van der Waals surface area contributed by atoms with Crippen molar-refractivity contribution < 1.29 is 23.2 Å². The van der Waals surface area contributed by atoms with Crippen molar-refractivity contribution in [3.8, 4) is 17.1 Å². The number of fused-ring (bicyclic) bond motifs is 1. The van der Waals surface area contributed by atoms with Gasteiger partial charge in [-0.05, 0) is 42.5 Å². The molecule has 5 rings (SSSR count). The molecule has 0 aliphatic carbocycles. The van der Waals surface area contributed by atoms with E-state index in [0.29, 0.717) is 28.5 Å². The van der Waals surface area contributed by atoms with E-state index in [1.54, 1.807) is 42.5 Å². The van der Waals surface area contributed by atoms with Crippen molar-refractivity contribution in [3.05, 3.63) is 109 Å². The van der Waals surface area contributed by atoms with Crippen LogP contribution in [0.2, 0.25) is 0 Å². The Balaban J connectivity index is 1.24. The fourth-order valence-corrected chi connectivity index (χ4v) is 3.69. The normalized spacial score (nSPS) is 11.0. The third-order valence-electron chi connectivity index (χ3n) is 5.45. The smallest absolute Gasteiger partial charge is 0.291 e. The van der Waals surface area contributed by atoms with E-state index in [-0.39, 0.29) is 11.7 Å². The lowest BCUT2D eigenvalue weighted by atomic mass is 10.2. The molecule has 0 bridgehead atoms. The van der Waals surface area contributed by atoms with Crippen LogP contribution in [0, 0.1) is 0 Å². The van der Waals surface area contributed by atoms with Gasteiger partial charge in [-0.25, -0.2) is 0 Å². The molecule has 0 saturated heterocycles. The molecule has 0 atom stereocenters. The zero-order chi connectivity index (χ0) is 24.9. The van der Waals surface area contributed by atoms with Gasteiger partial charge in [0.25, 0.3) is 5.91 Å². The van der Waals surface area contributed by atoms with Gasteiger partial charge in [0.1, 0.15) is 22.9 Å². The van der Waals surface area contributed by atoms with E-state index in [2.05, 4.69) is 10.6 Å². The van der Waals surface area contributed by atoms with Crippen molar-refractivity contribution >= 4 is 40.2 Å². The van der Waals surface area contributed by atoms with Crippen molar-refractivity contribution in [2.45, 2.75) is 0 Å². The number of methoxy groups -OCH3 is 1. The molecule has 2 aromatic heterocycles. The molecule has 7 heteroatoms. The molecule has 2 amide bonds. The van der Waals surface area contributed by atoms with Gasteiger partial charge in [0, 0.05) is 28.8 Å². The van der Waals surface area contributed by atoms with Crippen molar-refractivity contribution in [3.63, 3.8) is 0 Å². The lowest BCUT2D eigenvalue weighted by molar-refractivity contribution is -0.111. The Hall–Kier alpha value is -5.04. The third-order valence-corrected chi connectivity index (χ3v) is 5.45. The summed E-state index contributed by atoms with van der Waals surface area (Å²) in [4.78, 5) is 25.1. The summed E-state index contributed by atoms with van der Waals surface area (Å²) in [5, 5.41) is 6.40. The average molecular weight is 479 g/mol. The molecule has 5 aromatic rings. The van der Waals surface area contributed by atoms with Crippen LogP contribution in [0.15, 0.2) is 106 Å². The number of hydrogen-bond donors (Lipinski definition) is 2. The number of ether oxygens (including phenoxy) is 1. The minimum Gasteiger partial charge on any atom is -0.494 e. The first-order valence-corrected chi connectivity index (χ1v) is 11.2. The van der Waals surface area contributed by atoms with Crippen molar-refractivity contribution in [2.75, 3.05) is 17.7 Å². The number of para-hydroxylation sites is 1. The van der Waals surface area contributed by atoms with E-state index in [0.717, 1.165) is 16.7 Å². The Labute approximate surface area is 207 Å². The SMILES string of the molecule is COc1cc(NC(=O)/C=C/c2ccc(-c3ccccc3)o2)ccc1NC(=O)c1cc2ccccc2o1. The average Bonchev–Trinajstić information content (AvgIpc) is 3.56. The molecule has 2 heterocycles. The molecule has 2 N–H and O–H groups in total. The van der Waals surface area contributed by atoms with Crippen LogP contribution in [-0.2, 0) is 4.79 Å². The lowest BCUT2D eigenvalue weighted by Crippen LogP contribution is -2.12. The summed E-state index contributed by atoms with van der Waals surface area (Å²) >= 11 is 0. The Morgan fingerprint density at radius 2 is 1.64 bits per heavy atom. The molecule has 0 aliphatic heterocycles. The van der Waals surface area contributed by atoms with Crippen molar-refractivity contribution in [1.29, 1.82) is 0 Å². The van der Waals surface area contributed by atoms with Gasteiger partial charge in [-0.3, -0.25) is 9.59 Å². The Bertz CT molecular complexity index is 1530. The molecule has 0 aliphatic rings. The first-order valence-electron chi connectivity index (χ1n) is 11.2. The molecule has 7 nitrogen and oxygen atoms in total. The molecule has 178 valence electrons. The van der Waals surface area contributed by atoms with E-state index >= 15 is 0 Å². The van der Waals surface area contributed by atoms with Crippen LogP contribution >= 0.6 is 0 Å². The molecule has 3 aromatic carbocycles. The van der Waals surface area contributed by atoms with E-state index in [1.807, 2.05) is 54.6 Å². The van der Waals surface area contributed by atoms with E-state index < -0.39 is 5.91 Å². The van der Waals surface area contributed by atoms with Crippen LogP contribution in [0.5, 0.6) is 5.75 Å². The van der Waals surface area contributed by atoms with Crippen LogP contribution in [-0.4, -0.2) is 18.9 Å². The number of furan rings is 2. The second-order valence-electron chi connectivity index (χ2n) is 7.91. The summed E-state index contributed by atoms with van der Waals surface area (Å²) in [6.07, 6.45) is 2.98. The zero-order valence-corrected chi connectivity index (χ0v) is 19.4. The number of hydrogen-bond acceptors (Lipinski definition) is 5. The second-order valence-corrected chi connectivity index (χ2v) is 7.91. The van der Waals surface area contributed by atoms with Crippen LogP contribution in [0.25, 0.3) is 28.4 Å². The monoisotopic (exact) mass is 478 g/mol. The van der Waals surface area contributed by atoms with Crippen LogP contribution in [0.4, 0.5) is 11.4 Å². The van der Waals surface area contributed by atoms with Gasteiger partial charge in [-0.2, -0.15) is 0 Å². The predicted octanol–water partition coefficient (Wildman–Crippen LogP) is 6.61. The van der Waals surface area contributed by atoms with Gasteiger partial charge in [0.15, 0.2) is 5.76 Å². The number of nitrogens with one attached hydrogen (secondary N) is 2. The standard InChI is InChI=1S/C29H22N2O5/c1-34-26-18-21(11-14-23(26)31-29(33)27-17-20-9-5-6-10-24(20)36-27)30-28(32)16-13-22-12-15-25(35-22)19-7-3-2-4-8-19/h2-18H,1H3,(H,30,32)(H,31,33)/b16-13+. The molecule has 0 saturated carbocycles. The van der Waals surface area contributed by atoms with Gasteiger partial charge in [0.05, 0.1) is 12.8 Å². The summed E-state index contributed by atoms with van der Waals surface area (Å²) in [7, 11) is 1.49. The minimum absolute atomic E-state index is 0.189. The first-order chi connectivity index (χ1) is 17.6. The van der Waals surface area contributed by atoms with Crippen molar-refractivity contribution in [2.24, 2.45) is 0 Å². The van der Waals surface area contributed by atoms with E-state index in [1.165, 1.54) is 13.2 Å². The van der Waals surface area contributed by atoms with E-state index in [4.69, 9.17) is 13.6 Å². The summed E-state index contributed by atoms with van der Waals surface area (Å²) in [5.74, 6) is 1.12. The van der Waals surface area contributed by atoms with E-state index in [9.17, 15) is 9.59 Å². The summed E-state index contributed by atoms with van der Waals surface area (Å²) in [5.41, 5.74) is 2.54. The van der Waals surface area contributed by atoms with Gasteiger partial charge in [-0.1, -0.05) is 48.5 Å². The minimum atomic E-state index is -0.405. The predicted molar refractivity (Wildman–Crippen MR) is 139 cm³/mol. The van der Waals surface area contributed by atoms with Crippen molar-refractivity contribution in [1.82, 2.24) is 0 Å². The van der Waals surface area contributed by atoms with Crippen LogP contribution < -0.4 is 15.4 Å². The first kappa shape index (κ1) is 22.7. The van der Waals surface area contributed by atoms with Crippen LogP contribution in [0.1, 0.15) is 16.3 Å². The molecule has 36 heavy (non-hydrogen) atoms. The van der Waals surface area contributed by atoms with Gasteiger partial charge < -0.3 is 24.2 Å². The highest BCUT2D eigenvalue weighted by Crippen LogP contribution is 2.29. The highest BCUT2D eigenvalue weighted by Gasteiger charge is 2.15. The highest BCUT2D eigenvalue weighted by molar-refractivity contribution is 6.06. The van der Waals surface area contributed by atoms with Gasteiger partial charge >= 0.3 is 0 Å². The second kappa shape index (κ2) is 10.1. The fourth-order valence-electron chi connectivity index (χ4n) is 3.69. The third kappa shape index (κ3) is 5.05. The van der Waals surface area contributed by atoms with Crippen LogP contribution in [0.3, 0.4) is 0 Å². The Kier molecular flexibility index (Phi) is 6.36. The number of benzene rings is 3. The maximum atomic E-state index is 12.7. The molecule has 0 fully saturated rings. The quantitative estimate of drug-likeness (QED) is 0.257. The van der Waals surface area contributed by atoms with Gasteiger partial charge in [0.2, 0.25) is 5.91 Å². The van der Waals surface area contributed by atoms with Gasteiger partial charge in [-0.15, -0.1) is 0 Å². The molecule has 0 radical (unpaired) electrons.